The summed E-state index contributed by atoms with van der Waals surface area (Å²) in [6.45, 7) is 2.79. The number of nitrogens with zero attached hydrogens (tertiary/aromatic N) is 3. The van der Waals surface area contributed by atoms with Crippen molar-refractivity contribution in [2.45, 2.75) is 63.6 Å². The molecule has 2 heterocycles. The fraction of sp³-hybridized carbons (Fsp3) is 0.789. The molecule has 1 aromatic rings. The highest BCUT2D eigenvalue weighted by Crippen LogP contribution is 2.56. The highest BCUT2D eigenvalue weighted by Gasteiger charge is 2.58. The van der Waals surface area contributed by atoms with Crippen LogP contribution in [0.3, 0.4) is 0 Å². The second-order valence-electron chi connectivity index (χ2n) is 8.38. The largest absolute Gasteiger partial charge is 0.337 e. The number of imidazole rings is 1. The van der Waals surface area contributed by atoms with Crippen molar-refractivity contribution in [1.82, 2.24) is 19.8 Å². The molecule has 0 bridgehead atoms. The molecule has 1 aliphatic heterocycles. The minimum absolute atomic E-state index is 0.100. The summed E-state index contributed by atoms with van der Waals surface area (Å²) in [4.78, 5) is 20.0. The van der Waals surface area contributed by atoms with Gasteiger partial charge in [0.05, 0.1) is 6.54 Å². The van der Waals surface area contributed by atoms with Crippen molar-refractivity contribution in [1.29, 1.82) is 0 Å². The number of rotatable bonds is 4. The van der Waals surface area contributed by atoms with E-state index in [2.05, 4.69) is 15.2 Å². The first-order valence-corrected chi connectivity index (χ1v) is 9.82. The maximum absolute atomic E-state index is 13.4. The summed E-state index contributed by atoms with van der Waals surface area (Å²) in [5.41, 5.74) is 6.51. The maximum atomic E-state index is 13.4. The summed E-state index contributed by atoms with van der Waals surface area (Å²) in [5.74, 6) is 1.39. The molecule has 0 unspecified atom stereocenters. The van der Waals surface area contributed by atoms with Gasteiger partial charge in [0, 0.05) is 37.4 Å². The summed E-state index contributed by atoms with van der Waals surface area (Å²) < 4.78 is 2.03. The Morgan fingerprint density at radius 2 is 2.24 bits per heavy atom. The van der Waals surface area contributed by atoms with Crippen molar-refractivity contribution < 1.29 is 4.79 Å². The number of amides is 1. The van der Waals surface area contributed by atoms with E-state index in [4.69, 9.17) is 5.73 Å². The number of piperidine rings is 1. The number of nitrogens with one attached hydrogen (secondary N) is 1. The molecule has 1 amide bonds. The predicted octanol–water partition coefficient (Wildman–Crippen LogP) is 1.41. The second kappa shape index (κ2) is 6.72. The third-order valence-electron chi connectivity index (χ3n) is 6.70. The van der Waals surface area contributed by atoms with Gasteiger partial charge in [-0.15, -0.1) is 0 Å². The van der Waals surface area contributed by atoms with E-state index in [1.165, 1.54) is 12.8 Å². The molecule has 3 N–H and O–H groups in total. The van der Waals surface area contributed by atoms with Crippen molar-refractivity contribution >= 4 is 5.91 Å². The van der Waals surface area contributed by atoms with Crippen LogP contribution < -0.4 is 11.1 Å². The highest BCUT2D eigenvalue weighted by molar-refractivity contribution is 5.80. The van der Waals surface area contributed by atoms with E-state index >= 15 is 0 Å². The van der Waals surface area contributed by atoms with Gasteiger partial charge in [-0.2, -0.15) is 0 Å². The van der Waals surface area contributed by atoms with E-state index in [0.717, 1.165) is 51.0 Å². The zero-order valence-corrected chi connectivity index (χ0v) is 15.3. The molecule has 3 fully saturated rings. The van der Waals surface area contributed by atoms with Gasteiger partial charge in [0.1, 0.15) is 5.82 Å². The maximum Gasteiger partial charge on any atom is 0.226 e. The minimum Gasteiger partial charge on any atom is -0.337 e. The molecule has 3 aliphatic rings. The fourth-order valence-electron chi connectivity index (χ4n) is 4.96. The van der Waals surface area contributed by atoms with E-state index in [1.54, 1.807) is 0 Å². The lowest BCUT2D eigenvalue weighted by atomic mass is 9.85. The van der Waals surface area contributed by atoms with Gasteiger partial charge in [0.15, 0.2) is 0 Å². The topological polar surface area (TPSA) is 76.2 Å². The average Bonchev–Trinajstić information content (AvgIpc) is 3.13. The molecule has 0 radical (unpaired) electrons. The summed E-state index contributed by atoms with van der Waals surface area (Å²) in [6.07, 6.45) is 11.3. The quantitative estimate of drug-likeness (QED) is 0.865. The fourth-order valence-corrected chi connectivity index (χ4v) is 4.96. The molecule has 2 aliphatic carbocycles. The lowest BCUT2D eigenvalue weighted by Gasteiger charge is -2.34. The molecular weight excluding hydrogens is 314 g/mol. The van der Waals surface area contributed by atoms with Gasteiger partial charge < -0.3 is 20.5 Å². The van der Waals surface area contributed by atoms with Gasteiger partial charge in [-0.25, -0.2) is 4.98 Å². The van der Waals surface area contributed by atoms with Crippen LogP contribution in [0.1, 0.15) is 50.8 Å². The number of nitrogens with two attached hydrogens (primary N) is 1. The van der Waals surface area contributed by atoms with Crippen LogP contribution in [-0.4, -0.2) is 45.5 Å². The van der Waals surface area contributed by atoms with Crippen molar-refractivity contribution in [3.05, 3.63) is 18.2 Å². The highest BCUT2D eigenvalue weighted by atomic mass is 16.2. The Morgan fingerprint density at radius 3 is 2.92 bits per heavy atom. The van der Waals surface area contributed by atoms with E-state index in [-0.39, 0.29) is 12.0 Å². The molecule has 3 atom stereocenters. The molecule has 1 spiro atoms. The normalized spacial score (nSPS) is 31.0. The number of carbonyl (C=O) groups excluding carboxylic acids is 1. The summed E-state index contributed by atoms with van der Waals surface area (Å²) in [6, 6.07) is 0.571. The number of aromatic nitrogens is 2. The van der Waals surface area contributed by atoms with Crippen molar-refractivity contribution in [2.24, 2.45) is 24.1 Å². The van der Waals surface area contributed by atoms with Gasteiger partial charge in [-0.3, -0.25) is 4.79 Å². The lowest BCUT2D eigenvalue weighted by Crippen LogP contribution is -2.44. The Balaban J connectivity index is 1.53. The van der Waals surface area contributed by atoms with Crippen LogP contribution in [0.15, 0.2) is 12.4 Å². The van der Waals surface area contributed by atoms with Gasteiger partial charge in [-0.05, 0) is 57.0 Å². The summed E-state index contributed by atoms with van der Waals surface area (Å²) >= 11 is 0. The van der Waals surface area contributed by atoms with Crippen LogP contribution in [0.4, 0.5) is 0 Å². The molecule has 0 aromatic carbocycles. The van der Waals surface area contributed by atoms with Crippen LogP contribution in [0.25, 0.3) is 0 Å². The molecule has 138 valence electrons. The molecule has 1 saturated heterocycles. The Labute approximate surface area is 150 Å². The van der Waals surface area contributed by atoms with E-state index < -0.39 is 0 Å². The molecule has 4 rings (SSSR count). The van der Waals surface area contributed by atoms with Crippen molar-refractivity contribution in [3.63, 3.8) is 0 Å². The first kappa shape index (κ1) is 17.0. The van der Waals surface area contributed by atoms with E-state index in [0.29, 0.717) is 23.9 Å². The van der Waals surface area contributed by atoms with Gasteiger partial charge >= 0.3 is 0 Å². The average molecular weight is 345 g/mol. The number of hydrogen-bond acceptors (Lipinski definition) is 4. The Kier molecular flexibility index (Phi) is 4.58. The van der Waals surface area contributed by atoms with Gasteiger partial charge in [-0.1, -0.05) is 6.42 Å². The van der Waals surface area contributed by atoms with Crippen molar-refractivity contribution in [3.8, 4) is 0 Å². The molecular formula is C19H31N5O. The smallest absolute Gasteiger partial charge is 0.226 e. The van der Waals surface area contributed by atoms with Crippen LogP contribution in [0.2, 0.25) is 0 Å². The van der Waals surface area contributed by atoms with Crippen molar-refractivity contribution in [2.75, 3.05) is 13.1 Å². The zero-order valence-electron chi connectivity index (χ0n) is 15.3. The third kappa shape index (κ3) is 3.34. The first-order valence-electron chi connectivity index (χ1n) is 9.82. The summed E-state index contributed by atoms with van der Waals surface area (Å²) in [7, 11) is 2.01. The Bertz CT molecular complexity index is 621. The third-order valence-corrected chi connectivity index (χ3v) is 6.70. The lowest BCUT2D eigenvalue weighted by molar-refractivity contribution is -0.139. The standard InChI is InChI=1S/C19H31N5O/c1-23-10-9-22-17(23)13-24(16-12-19(16)5-7-21-8-6-19)18(25)14-3-2-4-15(20)11-14/h9-10,14-16,21H,2-8,11-13,20H2,1H3/t14-,15+,16-/m1/s1. The Morgan fingerprint density at radius 1 is 1.44 bits per heavy atom. The predicted molar refractivity (Wildman–Crippen MR) is 96.6 cm³/mol. The number of hydrogen-bond donors (Lipinski definition) is 2. The second-order valence-corrected chi connectivity index (χ2v) is 8.38. The van der Waals surface area contributed by atoms with Crippen LogP contribution in [-0.2, 0) is 18.4 Å². The van der Waals surface area contributed by atoms with Gasteiger partial charge in [0.2, 0.25) is 5.91 Å². The zero-order chi connectivity index (χ0) is 17.4. The first-order chi connectivity index (χ1) is 12.1. The number of aryl methyl sites for hydroxylation is 1. The van der Waals surface area contributed by atoms with Crippen LogP contribution in [0.5, 0.6) is 0 Å². The molecule has 25 heavy (non-hydrogen) atoms. The number of carbonyl (C=O) groups is 1. The summed E-state index contributed by atoms with van der Waals surface area (Å²) in [5, 5.41) is 3.46. The molecule has 6 heteroatoms. The molecule has 6 nitrogen and oxygen atoms in total. The molecule has 2 saturated carbocycles. The minimum atomic E-state index is 0.100. The monoisotopic (exact) mass is 345 g/mol. The Hall–Kier alpha value is -1.40. The SMILES string of the molecule is Cn1ccnc1CN(C(=O)[C@@H]1CCC[C@H](N)C1)[C@@H]1CC12CCNCC2. The molecule has 1 aromatic heterocycles. The van der Waals surface area contributed by atoms with Crippen LogP contribution >= 0.6 is 0 Å². The van der Waals surface area contributed by atoms with Crippen LogP contribution in [0, 0.1) is 11.3 Å². The van der Waals surface area contributed by atoms with E-state index in [1.807, 2.05) is 24.0 Å². The van der Waals surface area contributed by atoms with E-state index in [9.17, 15) is 4.79 Å². The van der Waals surface area contributed by atoms with Gasteiger partial charge in [0.25, 0.3) is 0 Å².